The van der Waals surface area contributed by atoms with E-state index in [9.17, 15) is 14.7 Å². The Kier molecular flexibility index (Phi) is 8.19. The number of carboxylic acids is 1. The molecular weight excluding hydrogens is 284 g/mol. The predicted molar refractivity (Wildman–Crippen MR) is 86.3 cm³/mol. The topological polar surface area (TPSA) is 113 Å². The van der Waals surface area contributed by atoms with Crippen LogP contribution in [0.3, 0.4) is 0 Å². The number of carbonyl (C=O) groups excluding carboxylic acids is 1. The van der Waals surface area contributed by atoms with Gasteiger partial charge in [0.05, 0.1) is 12.3 Å². The summed E-state index contributed by atoms with van der Waals surface area (Å²) in [4.78, 5) is 23.1. The lowest BCUT2D eigenvalue weighted by Crippen LogP contribution is -2.38. The number of nitrogens with one attached hydrogen (secondary N) is 1. The van der Waals surface area contributed by atoms with Crippen LogP contribution >= 0.6 is 0 Å². The summed E-state index contributed by atoms with van der Waals surface area (Å²) in [7, 11) is 0. The maximum absolute atomic E-state index is 11.8. The molecule has 0 saturated heterocycles. The zero-order valence-corrected chi connectivity index (χ0v) is 13.5. The van der Waals surface area contributed by atoms with Crippen molar-refractivity contribution in [2.24, 2.45) is 11.7 Å². The molecule has 6 nitrogen and oxygen atoms in total. The minimum Gasteiger partial charge on any atom is -0.513 e. The highest BCUT2D eigenvalue weighted by molar-refractivity contribution is 5.86. The molecule has 0 aromatic rings. The highest BCUT2D eigenvalue weighted by atomic mass is 16.4. The molecule has 0 aromatic carbocycles. The number of allylic oxidation sites excluding steroid dienone is 3. The third kappa shape index (κ3) is 6.13. The van der Waals surface area contributed by atoms with Gasteiger partial charge in [0.25, 0.3) is 0 Å². The summed E-state index contributed by atoms with van der Waals surface area (Å²) < 4.78 is 0. The van der Waals surface area contributed by atoms with Gasteiger partial charge >= 0.3 is 5.97 Å². The van der Waals surface area contributed by atoms with Crippen LogP contribution in [0, 0.1) is 5.92 Å². The van der Waals surface area contributed by atoms with Gasteiger partial charge in [0.1, 0.15) is 6.04 Å². The van der Waals surface area contributed by atoms with Gasteiger partial charge in [-0.2, -0.15) is 0 Å². The number of aliphatic hydroxyl groups is 1. The largest absolute Gasteiger partial charge is 0.513 e. The molecule has 0 heterocycles. The molecule has 0 fully saturated rings. The molecule has 0 bridgehead atoms. The zero-order valence-electron chi connectivity index (χ0n) is 13.5. The van der Waals surface area contributed by atoms with Crippen LogP contribution in [0.5, 0.6) is 0 Å². The average molecular weight is 310 g/mol. The van der Waals surface area contributed by atoms with Crippen molar-refractivity contribution < 1.29 is 19.8 Å². The number of nitrogens with two attached hydrogens (primary N) is 1. The lowest BCUT2D eigenvalue weighted by molar-refractivity contribution is -0.139. The van der Waals surface area contributed by atoms with Gasteiger partial charge in [0.2, 0.25) is 0 Å². The molecule has 6 heteroatoms. The number of aliphatic carboxylic acids is 1. The fourth-order valence-corrected chi connectivity index (χ4v) is 2.19. The molecule has 0 radical (unpaired) electrons. The van der Waals surface area contributed by atoms with Crippen molar-refractivity contribution in [2.75, 3.05) is 6.54 Å². The third-order valence-electron chi connectivity index (χ3n) is 3.35. The number of ketones is 1. The smallest absolute Gasteiger partial charge is 0.326 e. The van der Waals surface area contributed by atoms with Crippen molar-refractivity contribution in [3.8, 4) is 0 Å². The first kappa shape index (κ1) is 19.9. The number of aliphatic hydroxyl groups excluding tert-OH is 1. The normalized spacial score (nSPS) is 12.9. The van der Waals surface area contributed by atoms with E-state index in [1.54, 1.807) is 6.92 Å². The van der Waals surface area contributed by atoms with E-state index in [1.165, 1.54) is 0 Å². The Hall–Kier alpha value is -2.08. The summed E-state index contributed by atoms with van der Waals surface area (Å²) in [5, 5.41) is 21.1. The van der Waals surface area contributed by atoms with Crippen molar-refractivity contribution in [1.82, 2.24) is 5.32 Å². The van der Waals surface area contributed by atoms with E-state index in [0.29, 0.717) is 11.3 Å². The van der Waals surface area contributed by atoms with Crippen LogP contribution in [0.15, 0.2) is 35.8 Å². The second kappa shape index (κ2) is 9.04. The zero-order chi connectivity index (χ0) is 17.4. The van der Waals surface area contributed by atoms with Crippen LogP contribution in [0.2, 0.25) is 0 Å². The second-order valence-corrected chi connectivity index (χ2v) is 5.42. The molecule has 0 saturated carbocycles. The quantitative estimate of drug-likeness (QED) is 0.362. The van der Waals surface area contributed by atoms with Gasteiger partial charge < -0.3 is 21.3 Å². The van der Waals surface area contributed by atoms with Gasteiger partial charge in [-0.15, -0.1) is 0 Å². The molecule has 22 heavy (non-hydrogen) atoms. The van der Waals surface area contributed by atoms with E-state index in [-0.39, 0.29) is 30.9 Å². The molecule has 0 rings (SSSR count). The number of carboxylic acid groups (broad SMARTS) is 1. The van der Waals surface area contributed by atoms with Gasteiger partial charge in [-0.05, 0) is 25.8 Å². The van der Waals surface area contributed by atoms with E-state index in [1.807, 2.05) is 13.8 Å². The maximum Gasteiger partial charge on any atom is 0.326 e. The second-order valence-electron chi connectivity index (χ2n) is 5.42. The molecule has 0 aliphatic carbocycles. The summed E-state index contributed by atoms with van der Waals surface area (Å²) in [5.74, 6) is -1.74. The first-order valence-corrected chi connectivity index (χ1v) is 7.07. The number of rotatable bonds is 10. The van der Waals surface area contributed by atoms with Crippen LogP contribution < -0.4 is 11.1 Å². The summed E-state index contributed by atoms with van der Waals surface area (Å²) in [6.07, 6.45) is 0.331. The van der Waals surface area contributed by atoms with Gasteiger partial charge in [-0.25, -0.2) is 4.79 Å². The highest BCUT2D eigenvalue weighted by Gasteiger charge is 2.24. The Morgan fingerprint density at radius 3 is 2.14 bits per heavy atom. The molecular formula is C16H26N2O4. The summed E-state index contributed by atoms with van der Waals surface area (Å²) in [6, 6.07) is -0.925. The lowest BCUT2D eigenvalue weighted by Gasteiger charge is -2.23. The molecule has 124 valence electrons. The van der Waals surface area contributed by atoms with E-state index in [2.05, 4.69) is 18.5 Å². The number of carbonyl (C=O) groups is 2. The fourth-order valence-electron chi connectivity index (χ4n) is 2.19. The minimum atomic E-state index is -1.06. The van der Waals surface area contributed by atoms with E-state index in [4.69, 9.17) is 10.8 Å². The van der Waals surface area contributed by atoms with Crippen molar-refractivity contribution in [3.63, 3.8) is 0 Å². The van der Waals surface area contributed by atoms with Crippen LogP contribution in [0.1, 0.15) is 33.6 Å². The first-order valence-electron chi connectivity index (χ1n) is 7.07. The molecule has 2 atom stereocenters. The Labute approximate surface area is 131 Å². The standard InChI is InChI=1S/C16H26N2O4/c1-9(2)15(11(4)14(20)8-17)12(5)18-13(16(21)22)7-6-10(3)19/h11,13,18-19H,3,5-8,17H2,1-2,4H3,(H,21,22). The maximum atomic E-state index is 11.8. The van der Waals surface area contributed by atoms with Gasteiger partial charge in [-0.3, -0.25) is 4.79 Å². The first-order chi connectivity index (χ1) is 10.1. The van der Waals surface area contributed by atoms with Crippen molar-refractivity contribution in [3.05, 3.63) is 35.8 Å². The van der Waals surface area contributed by atoms with Crippen molar-refractivity contribution in [2.45, 2.75) is 39.7 Å². The molecule has 0 amide bonds. The van der Waals surface area contributed by atoms with Gasteiger partial charge in [0, 0.05) is 18.0 Å². The Morgan fingerprint density at radius 2 is 1.77 bits per heavy atom. The summed E-state index contributed by atoms with van der Waals surface area (Å²) in [6.45, 7) is 12.5. The van der Waals surface area contributed by atoms with Gasteiger partial charge in [0.15, 0.2) is 5.78 Å². The SMILES string of the molecule is C=C(O)CCC(NC(=C)C(=C(C)C)C(C)C(=O)CN)C(=O)O. The van der Waals surface area contributed by atoms with Crippen molar-refractivity contribution >= 4 is 11.8 Å². The van der Waals surface area contributed by atoms with Crippen molar-refractivity contribution in [1.29, 1.82) is 0 Å². The van der Waals surface area contributed by atoms with Crippen LogP contribution in [0.4, 0.5) is 0 Å². The predicted octanol–water partition coefficient (Wildman–Crippen LogP) is 1.90. The average Bonchev–Trinajstić information content (AvgIpc) is 2.41. The van der Waals surface area contributed by atoms with Crippen LogP contribution in [0.25, 0.3) is 0 Å². The van der Waals surface area contributed by atoms with Crippen LogP contribution in [-0.2, 0) is 9.59 Å². The monoisotopic (exact) mass is 310 g/mol. The third-order valence-corrected chi connectivity index (χ3v) is 3.35. The molecule has 0 spiro atoms. The Bertz CT molecular complexity index is 490. The Balaban J connectivity index is 5.17. The number of hydrogen-bond donors (Lipinski definition) is 4. The fraction of sp³-hybridized carbons (Fsp3) is 0.500. The minimum absolute atomic E-state index is 0.0761. The summed E-state index contributed by atoms with van der Waals surface area (Å²) in [5.41, 5.74) is 7.29. The molecule has 0 aliphatic heterocycles. The molecule has 0 aromatic heterocycles. The Morgan fingerprint density at radius 1 is 1.23 bits per heavy atom. The molecule has 0 aliphatic rings. The van der Waals surface area contributed by atoms with E-state index < -0.39 is 17.9 Å². The number of Topliss-reactive ketones (excluding diaryl/α,β-unsaturated/α-hetero) is 1. The number of hydrogen-bond acceptors (Lipinski definition) is 5. The van der Waals surface area contributed by atoms with E-state index >= 15 is 0 Å². The van der Waals surface area contributed by atoms with Crippen LogP contribution in [-0.4, -0.2) is 34.6 Å². The van der Waals surface area contributed by atoms with E-state index in [0.717, 1.165) is 5.57 Å². The highest BCUT2D eigenvalue weighted by Crippen LogP contribution is 2.22. The van der Waals surface area contributed by atoms with Gasteiger partial charge in [-0.1, -0.05) is 25.7 Å². The molecule has 5 N–H and O–H groups in total. The summed E-state index contributed by atoms with van der Waals surface area (Å²) >= 11 is 0. The lowest BCUT2D eigenvalue weighted by atomic mass is 9.90. The molecule has 2 unspecified atom stereocenters.